The molecular weight excluding hydrogens is 236 g/mol. The van der Waals surface area contributed by atoms with Crippen molar-refractivity contribution in [3.05, 3.63) is 35.4 Å². The molecule has 1 aromatic carbocycles. The standard InChI is InChI=1S/C16H26N2O/c1-4-13(3)18-16(19)10-11-17-12-15-8-6-14(5-2)7-9-15/h6-9,13,17H,4-5,10-12H2,1-3H3,(H,18,19). The third-order valence-electron chi connectivity index (χ3n) is 3.31. The second-order valence-corrected chi connectivity index (χ2v) is 4.97. The predicted molar refractivity (Wildman–Crippen MR) is 80.0 cm³/mol. The second kappa shape index (κ2) is 8.70. The van der Waals surface area contributed by atoms with Crippen molar-refractivity contribution in [3.8, 4) is 0 Å². The van der Waals surface area contributed by atoms with Crippen LogP contribution in [0, 0.1) is 0 Å². The molecule has 0 saturated heterocycles. The number of benzene rings is 1. The van der Waals surface area contributed by atoms with Crippen LogP contribution in [0.5, 0.6) is 0 Å². The van der Waals surface area contributed by atoms with Crippen LogP contribution in [-0.2, 0) is 17.8 Å². The van der Waals surface area contributed by atoms with Crippen LogP contribution in [0.4, 0.5) is 0 Å². The van der Waals surface area contributed by atoms with Crippen LogP contribution >= 0.6 is 0 Å². The van der Waals surface area contributed by atoms with Crippen LogP contribution in [0.2, 0.25) is 0 Å². The maximum atomic E-state index is 11.6. The summed E-state index contributed by atoms with van der Waals surface area (Å²) < 4.78 is 0. The molecule has 0 aromatic heterocycles. The van der Waals surface area contributed by atoms with Crippen LogP contribution in [0.25, 0.3) is 0 Å². The van der Waals surface area contributed by atoms with Crippen LogP contribution in [0.3, 0.4) is 0 Å². The lowest BCUT2D eigenvalue weighted by molar-refractivity contribution is -0.121. The fourth-order valence-electron chi connectivity index (χ4n) is 1.78. The maximum Gasteiger partial charge on any atom is 0.221 e. The van der Waals surface area contributed by atoms with Gasteiger partial charge in [-0.25, -0.2) is 0 Å². The number of hydrogen-bond acceptors (Lipinski definition) is 2. The zero-order valence-electron chi connectivity index (χ0n) is 12.3. The Morgan fingerprint density at radius 3 is 2.37 bits per heavy atom. The summed E-state index contributed by atoms with van der Waals surface area (Å²) in [7, 11) is 0. The smallest absolute Gasteiger partial charge is 0.221 e. The van der Waals surface area contributed by atoms with Crippen LogP contribution < -0.4 is 10.6 Å². The van der Waals surface area contributed by atoms with Gasteiger partial charge in [0.2, 0.25) is 5.91 Å². The lowest BCUT2D eigenvalue weighted by Gasteiger charge is -2.11. The first kappa shape index (κ1) is 15.7. The topological polar surface area (TPSA) is 41.1 Å². The molecule has 1 atom stereocenters. The molecular formula is C16H26N2O. The van der Waals surface area contributed by atoms with Crippen molar-refractivity contribution in [3.63, 3.8) is 0 Å². The molecule has 3 nitrogen and oxygen atoms in total. The third-order valence-corrected chi connectivity index (χ3v) is 3.31. The molecule has 0 aliphatic rings. The number of carbonyl (C=O) groups excluding carboxylic acids is 1. The number of nitrogens with one attached hydrogen (secondary N) is 2. The first-order chi connectivity index (χ1) is 9.15. The van der Waals surface area contributed by atoms with Gasteiger partial charge in [-0.05, 0) is 30.9 Å². The van der Waals surface area contributed by atoms with Crippen LogP contribution in [0.1, 0.15) is 44.7 Å². The summed E-state index contributed by atoms with van der Waals surface area (Å²) in [6.07, 6.45) is 2.59. The van der Waals surface area contributed by atoms with E-state index < -0.39 is 0 Å². The zero-order valence-corrected chi connectivity index (χ0v) is 12.3. The highest BCUT2D eigenvalue weighted by Crippen LogP contribution is 2.04. The van der Waals surface area contributed by atoms with Gasteiger partial charge in [-0.2, -0.15) is 0 Å². The molecule has 0 bridgehead atoms. The molecule has 0 spiro atoms. The van der Waals surface area contributed by atoms with Crippen molar-refractivity contribution in [1.29, 1.82) is 0 Å². The summed E-state index contributed by atoms with van der Waals surface area (Å²) in [5, 5.41) is 6.26. The van der Waals surface area contributed by atoms with Gasteiger partial charge in [-0.3, -0.25) is 4.79 Å². The quantitative estimate of drug-likeness (QED) is 0.707. The van der Waals surface area contributed by atoms with Crippen molar-refractivity contribution in [1.82, 2.24) is 10.6 Å². The Bertz CT molecular complexity index is 373. The highest BCUT2D eigenvalue weighted by Gasteiger charge is 2.04. The number of carbonyl (C=O) groups is 1. The third kappa shape index (κ3) is 6.39. The Labute approximate surface area is 116 Å². The van der Waals surface area contributed by atoms with Gasteiger partial charge in [0.1, 0.15) is 0 Å². The van der Waals surface area contributed by atoms with E-state index in [9.17, 15) is 4.79 Å². The summed E-state index contributed by atoms with van der Waals surface area (Å²) in [6, 6.07) is 8.88. The Kier molecular flexibility index (Phi) is 7.19. The van der Waals surface area contributed by atoms with Crippen LogP contribution in [-0.4, -0.2) is 18.5 Å². The molecule has 1 amide bonds. The van der Waals surface area contributed by atoms with Gasteiger partial charge in [0.25, 0.3) is 0 Å². The summed E-state index contributed by atoms with van der Waals surface area (Å²) in [6.45, 7) is 7.80. The molecule has 106 valence electrons. The summed E-state index contributed by atoms with van der Waals surface area (Å²) in [5.74, 6) is 0.128. The average molecular weight is 262 g/mol. The zero-order chi connectivity index (χ0) is 14.1. The normalized spacial score (nSPS) is 12.2. The molecule has 2 N–H and O–H groups in total. The van der Waals surface area contributed by atoms with E-state index in [1.807, 2.05) is 6.92 Å². The van der Waals surface area contributed by atoms with Crippen molar-refractivity contribution >= 4 is 5.91 Å². The van der Waals surface area contributed by atoms with E-state index in [1.54, 1.807) is 0 Å². The fraction of sp³-hybridized carbons (Fsp3) is 0.562. The lowest BCUT2D eigenvalue weighted by atomic mass is 10.1. The fourth-order valence-corrected chi connectivity index (χ4v) is 1.78. The van der Waals surface area contributed by atoms with Gasteiger partial charge in [-0.15, -0.1) is 0 Å². The first-order valence-electron chi connectivity index (χ1n) is 7.23. The van der Waals surface area contributed by atoms with Crippen molar-refractivity contribution in [2.45, 2.75) is 52.6 Å². The van der Waals surface area contributed by atoms with Crippen molar-refractivity contribution in [2.24, 2.45) is 0 Å². The summed E-state index contributed by atoms with van der Waals surface area (Å²) >= 11 is 0. The Hall–Kier alpha value is -1.35. The second-order valence-electron chi connectivity index (χ2n) is 4.97. The molecule has 0 saturated carbocycles. The summed E-state index contributed by atoms with van der Waals surface area (Å²) in [5.41, 5.74) is 2.62. The molecule has 0 aliphatic carbocycles. The number of rotatable bonds is 8. The van der Waals surface area contributed by atoms with E-state index in [0.29, 0.717) is 6.42 Å². The minimum absolute atomic E-state index is 0.128. The van der Waals surface area contributed by atoms with Gasteiger partial charge in [0.05, 0.1) is 0 Å². The molecule has 0 radical (unpaired) electrons. The highest BCUT2D eigenvalue weighted by molar-refractivity contribution is 5.76. The van der Waals surface area contributed by atoms with Crippen molar-refractivity contribution in [2.75, 3.05) is 6.54 Å². The average Bonchev–Trinajstić information content (AvgIpc) is 2.44. The molecule has 3 heteroatoms. The first-order valence-corrected chi connectivity index (χ1v) is 7.23. The highest BCUT2D eigenvalue weighted by atomic mass is 16.1. The molecule has 0 aliphatic heterocycles. The summed E-state index contributed by atoms with van der Waals surface area (Å²) in [4.78, 5) is 11.6. The Morgan fingerprint density at radius 1 is 1.16 bits per heavy atom. The Morgan fingerprint density at radius 2 is 1.79 bits per heavy atom. The molecule has 0 fully saturated rings. The predicted octanol–water partition coefficient (Wildman–Crippen LogP) is 2.64. The molecule has 19 heavy (non-hydrogen) atoms. The van der Waals surface area contributed by atoms with Gasteiger partial charge < -0.3 is 10.6 Å². The SMILES string of the molecule is CCc1ccc(CNCCC(=O)NC(C)CC)cc1. The minimum Gasteiger partial charge on any atom is -0.354 e. The van der Waals surface area contributed by atoms with E-state index in [4.69, 9.17) is 0 Å². The van der Waals surface area contributed by atoms with Gasteiger partial charge in [-0.1, -0.05) is 38.1 Å². The minimum atomic E-state index is 0.128. The monoisotopic (exact) mass is 262 g/mol. The van der Waals surface area contributed by atoms with E-state index in [2.05, 4.69) is 48.7 Å². The van der Waals surface area contributed by atoms with E-state index >= 15 is 0 Å². The molecule has 1 unspecified atom stereocenters. The van der Waals surface area contributed by atoms with Crippen LogP contribution in [0.15, 0.2) is 24.3 Å². The van der Waals surface area contributed by atoms with Gasteiger partial charge in [0.15, 0.2) is 0 Å². The Balaban J connectivity index is 2.17. The van der Waals surface area contributed by atoms with Crippen molar-refractivity contribution < 1.29 is 4.79 Å². The molecule has 1 aromatic rings. The molecule has 0 heterocycles. The van der Waals surface area contributed by atoms with E-state index in [1.165, 1.54) is 11.1 Å². The number of aryl methyl sites for hydroxylation is 1. The number of hydrogen-bond donors (Lipinski definition) is 2. The van der Waals surface area contributed by atoms with Gasteiger partial charge >= 0.3 is 0 Å². The number of amides is 1. The lowest BCUT2D eigenvalue weighted by Crippen LogP contribution is -2.33. The molecule has 1 rings (SSSR count). The van der Waals surface area contributed by atoms with E-state index in [0.717, 1.165) is 25.9 Å². The van der Waals surface area contributed by atoms with Gasteiger partial charge in [0, 0.05) is 25.6 Å². The largest absolute Gasteiger partial charge is 0.354 e. The van der Waals surface area contributed by atoms with E-state index in [-0.39, 0.29) is 11.9 Å². The maximum absolute atomic E-state index is 11.6.